The predicted octanol–water partition coefficient (Wildman–Crippen LogP) is 1.94. The summed E-state index contributed by atoms with van der Waals surface area (Å²) >= 11 is 0. The van der Waals surface area contributed by atoms with Gasteiger partial charge in [-0.25, -0.2) is 0 Å². The summed E-state index contributed by atoms with van der Waals surface area (Å²) in [6, 6.07) is 8.00. The van der Waals surface area contributed by atoms with Crippen LogP contribution in [0.5, 0.6) is 0 Å². The Morgan fingerprint density at radius 3 is 3.00 bits per heavy atom. The molecule has 84 valence electrons. The summed E-state index contributed by atoms with van der Waals surface area (Å²) in [5.74, 6) is 0.131. The maximum absolute atomic E-state index is 11.9. The average Bonchev–Trinajstić information content (AvgIpc) is 2.73. The number of unbranched alkanes of at least 4 members (excludes halogenated alkanes) is 1. The minimum atomic E-state index is 0.131. The Balaban J connectivity index is 2.01. The largest absolute Gasteiger partial charge is 0.312 e. The summed E-state index contributed by atoms with van der Waals surface area (Å²) < 4.78 is 0. The highest BCUT2D eigenvalue weighted by molar-refractivity contribution is 5.95. The summed E-state index contributed by atoms with van der Waals surface area (Å²) in [7, 11) is 0. The van der Waals surface area contributed by atoms with Gasteiger partial charge in [-0.2, -0.15) is 0 Å². The summed E-state index contributed by atoms with van der Waals surface area (Å²) in [6.07, 6.45) is 3.40. The van der Waals surface area contributed by atoms with E-state index in [4.69, 9.17) is 0 Å². The molecule has 0 saturated carbocycles. The lowest BCUT2D eigenvalue weighted by Gasteiger charge is -2.16. The van der Waals surface area contributed by atoms with Crippen LogP contribution < -0.4 is 4.90 Å². The molecule has 1 amide bonds. The van der Waals surface area contributed by atoms with E-state index in [-0.39, 0.29) is 5.91 Å². The van der Waals surface area contributed by atoms with Crippen molar-refractivity contribution < 1.29 is 9.59 Å². The second-order valence-electron chi connectivity index (χ2n) is 3.98. The van der Waals surface area contributed by atoms with E-state index < -0.39 is 0 Å². The monoisotopic (exact) mass is 217 g/mol. The number of amides is 1. The third-order valence-corrected chi connectivity index (χ3v) is 2.90. The molecule has 0 aromatic heterocycles. The van der Waals surface area contributed by atoms with E-state index in [9.17, 15) is 9.59 Å². The van der Waals surface area contributed by atoms with Gasteiger partial charge < -0.3 is 9.69 Å². The van der Waals surface area contributed by atoms with Crippen molar-refractivity contribution in [3.05, 3.63) is 29.8 Å². The SMILES string of the molecule is O=CCCCC(=O)N1CCc2ccccc21. The van der Waals surface area contributed by atoms with E-state index in [0.717, 1.165) is 24.9 Å². The van der Waals surface area contributed by atoms with Crippen molar-refractivity contribution in [3.63, 3.8) is 0 Å². The number of nitrogens with zero attached hydrogens (tertiary/aromatic N) is 1. The zero-order chi connectivity index (χ0) is 11.4. The lowest BCUT2D eigenvalue weighted by atomic mass is 10.2. The predicted molar refractivity (Wildman–Crippen MR) is 62.4 cm³/mol. The number of carbonyl (C=O) groups excluding carboxylic acids is 2. The van der Waals surface area contributed by atoms with Crippen LogP contribution in [-0.2, 0) is 16.0 Å². The Kier molecular flexibility index (Phi) is 3.34. The molecule has 1 aliphatic heterocycles. The van der Waals surface area contributed by atoms with Crippen LogP contribution in [0.2, 0.25) is 0 Å². The Bertz CT molecular complexity index is 401. The fraction of sp³-hybridized carbons (Fsp3) is 0.385. The molecule has 0 aliphatic carbocycles. The summed E-state index contributed by atoms with van der Waals surface area (Å²) in [6.45, 7) is 0.777. The highest BCUT2D eigenvalue weighted by atomic mass is 16.2. The molecule has 0 saturated heterocycles. The van der Waals surface area contributed by atoms with Crippen molar-refractivity contribution in [2.24, 2.45) is 0 Å². The molecule has 16 heavy (non-hydrogen) atoms. The third kappa shape index (κ3) is 2.13. The summed E-state index contributed by atoms with van der Waals surface area (Å²) in [5, 5.41) is 0. The highest BCUT2D eigenvalue weighted by Gasteiger charge is 2.23. The number of rotatable bonds is 4. The summed E-state index contributed by atoms with van der Waals surface area (Å²) in [4.78, 5) is 23.9. The first-order valence-electron chi connectivity index (χ1n) is 5.65. The van der Waals surface area contributed by atoms with Crippen LogP contribution in [0.1, 0.15) is 24.8 Å². The van der Waals surface area contributed by atoms with Crippen LogP contribution in [0.15, 0.2) is 24.3 Å². The quantitative estimate of drug-likeness (QED) is 0.571. The molecule has 3 nitrogen and oxygen atoms in total. The molecule has 0 N–H and O–H groups in total. The van der Waals surface area contributed by atoms with Crippen molar-refractivity contribution in [2.45, 2.75) is 25.7 Å². The van der Waals surface area contributed by atoms with Gasteiger partial charge in [0.2, 0.25) is 5.91 Å². The van der Waals surface area contributed by atoms with Crippen LogP contribution in [0, 0.1) is 0 Å². The van der Waals surface area contributed by atoms with Gasteiger partial charge in [-0.1, -0.05) is 18.2 Å². The molecule has 0 atom stereocenters. The van der Waals surface area contributed by atoms with E-state index in [1.807, 2.05) is 23.1 Å². The van der Waals surface area contributed by atoms with E-state index >= 15 is 0 Å². The van der Waals surface area contributed by atoms with Gasteiger partial charge in [-0.3, -0.25) is 4.79 Å². The topological polar surface area (TPSA) is 37.4 Å². The smallest absolute Gasteiger partial charge is 0.227 e. The van der Waals surface area contributed by atoms with Gasteiger partial charge in [-0.15, -0.1) is 0 Å². The van der Waals surface area contributed by atoms with Gasteiger partial charge >= 0.3 is 0 Å². The maximum Gasteiger partial charge on any atom is 0.227 e. The van der Waals surface area contributed by atoms with Gasteiger partial charge in [0.25, 0.3) is 0 Å². The van der Waals surface area contributed by atoms with Crippen molar-refractivity contribution in [1.29, 1.82) is 0 Å². The lowest BCUT2D eigenvalue weighted by molar-refractivity contribution is -0.118. The van der Waals surface area contributed by atoms with Gasteiger partial charge in [0.15, 0.2) is 0 Å². The zero-order valence-corrected chi connectivity index (χ0v) is 9.19. The average molecular weight is 217 g/mol. The Hall–Kier alpha value is -1.64. The van der Waals surface area contributed by atoms with Crippen molar-refractivity contribution in [3.8, 4) is 0 Å². The molecular weight excluding hydrogens is 202 g/mol. The molecule has 0 unspecified atom stereocenters. The van der Waals surface area contributed by atoms with Gasteiger partial charge in [0.1, 0.15) is 6.29 Å². The Morgan fingerprint density at radius 2 is 2.19 bits per heavy atom. The first-order chi connectivity index (χ1) is 7.83. The van der Waals surface area contributed by atoms with Gasteiger partial charge in [0.05, 0.1) is 0 Å². The number of anilines is 1. The first kappa shape index (κ1) is 10.9. The van der Waals surface area contributed by atoms with E-state index in [0.29, 0.717) is 19.3 Å². The maximum atomic E-state index is 11.9. The number of fused-ring (bicyclic) bond motifs is 1. The van der Waals surface area contributed by atoms with Gasteiger partial charge in [-0.05, 0) is 24.5 Å². The molecule has 0 radical (unpaired) electrons. The number of aldehydes is 1. The van der Waals surface area contributed by atoms with E-state index in [2.05, 4.69) is 6.07 Å². The minimum absolute atomic E-state index is 0.131. The van der Waals surface area contributed by atoms with E-state index in [1.54, 1.807) is 0 Å². The summed E-state index contributed by atoms with van der Waals surface area (Å²) in [5.41, 5.74) is 2.28. The second kappa shape index (κ2) is 4.92. The molecule has 1 aliphatic rings. The third-order valence-electron chi connectivity index (χ3n) is 2.90. The number of hydrogen-bond acceptors (Lipinski definition) is 2. The molecule has 2 rings (SSSR count). The molecule has 1 heterocycles. The van der Waals surface area contributed by atoms with Crippen LogP contribution in [-0.4, -0.2) is 18.7 Å². The van der Waals surface area contributed by atoms with Crippen LogP contribution in [0.4, 0.5) is 5.69 Å². The zero-order valence-electron chi connectivity index (χ0n) is 9.19. The number of carbonyl (C=O) groups is 2. The first-order valence-corrected chi connectivity index (χ1v) is 5.65. The number of para-hydroxylation sites is 1. The molecule has 3 heteroatoms. The molecule has 0 fully saturated rings. The second-order valence-corrected chi connectivity index (χ2v) is 3.98. The molecule has 0 bridgehead atoms. The fourth-order valence-corrected chi connectivity index (χ4v) is 2.07. The molecule has 1 aromatic carbocycles. The molecule has 0 spiro atoms. The minimum Gasteiger partial charge on any atom is -0.312 e. The number of hydrogen-bond donors (Lipinski definition) is 0. The van der Waals surface area contributed by atoms with Crippen LogP contribution in [0.3, 0.4) is 0 Å². The molecular formula is C13H15NO2. The van der Waals surface area contributed by atoms with Gasteiger partial charge in [0, 0.05) is 25.1 Å². The Morgan fingerprint density at radius 1 is 1.38 bits per heavy atom. The normalized spacial score (nSPS) is 13.6. The van der Waals surface area contributed by atoms with Crippen LogP contribution >= 0.6 is 0 Å². The van der Waals surface area contributed by atoms with Crippen LogP contribution in [0.25, 0.3) is 0 Å². The van der Waals surface area contributed by atoms with Crippen molar-refractivity contribution in [2.75, 3.05) is 11.4 Å². The van der Waals surface area contributed by atoms with E-state index in [1.165, 1.54) is 5.56 Å². The number of benzene rings is 1. The standard InChI is InChI=1S/C13H15NO2/c15-10-4-3-7-13(16)14-9-8-11-5-1-2-6-12(11)14/h1-2,5-6,10H,3-4,7-9H2. The lowest BCUT2D eigenvalue weighted by Crippen LogP contribution is -2.28. The van der Waals surface area contributed by atoms with Crippen molar-refractivity contribution in [1.82, 2.24) is 0 Å². The molecule has 1 aromatic rings. The highest BCUT2D eigenvalue weighted by Crippen LogP contribution is 2.27. The Labute approximate surface area is 95.1 Å². The fourth-order valence-electron chi connectivity index (χ4n) is 2.07. The van der Waals surface area contributed by atoms with Crippen molar-refractivity contribution >= 4 is 17.9 Å².